The maximum absolute atomic E-state index is 13.2. The molecule has 1 aliphatic carbocycles. The fourth-order valence-corrected chi connectivity index (χ4v) is 3.86. The van der Waals surface area contributed by atoms with Gasteiger partial charge in [-0.25, -0.2) is 0 Å². The van der Waals surface area contributed by atoms with Crippen molar-refractivity contribution in [3.63, 3.8) is 0 Å². The quantitative estimate of drug-likeness (QED) is 0.585. The number of carbonyl (C=O) groups excluding carboxylic acids is 1. The fraction of sp³-hybridized carbons (Fsp3) is 0.0455. The van der Waals surface area contributed by atoms with Crippen molar-refractivity contribution in [1.29, 1.82) is 0 Å². The zero-order valence-electron chi connectivity index (χ0n) is 13.2. The Balaban J connectivity index is 1.82. The van der Waals surface area contributed by atoms with Crippen LogP contribution in [0.15, 0.2) is 78.4 Å². The fourth-order valence-electron chi connectivity index (χ4n) is 3.69. The number of fused-ring (bicyclic) bond motifs is 4. The summed E-state index contributed by atoms with van der Waals surface area (Å²) in [6.07, 6.45) is -0.412. The molecule has 2 aliphatic rings. The smallest absolute Gasteiger partial charge is 0.194 e. The predicted octanol–water partition coefficient (Wildman–Crippen LogP) is 5.47. The van der Waals surface area contributed by atoms with Gasteiger partial charge in [0.05, 0.1) is 5.57 Å². The first-order valence-electron chi connectivity index (χ1n) is 8.14. The van der Waals surface area contributed by atoms with Crippen molar-refractivity contribution in [1.82, 2.24) is 0 Å². The van der Waals surface area contributed by atoms with Gasteiger partial charge in [0.2, 0.25) is 0 Å². The number of Topliss-reactive ketones (excluding diaryl/α,β-unsaturated/α-hetero) is 1. The molecule has 25 heavy (non-hydrogen) atoms. The van der Waals surface area contributed by atoms with E-state index in [0.717, 1.165) is 28.0 Å². The Bertz CT molecular complexity index is 1050. The van der Waals surface area contributed by atoms with Crippen molar-refractivity contribution in [3.05, 3.63) is 106 Å². The Hall–Kier alpha value is -2.84. The van der Waals surface area contributed by atoms with Crippen molar-refractivity contribution < 1.29 is 9.53 Å². The highest BCUT2D eigenvalue weighted by atomic mass is 35.5. The molecule has 0 saturated carbocycles. The van der Waals surface area contributed by atoms with E-state index in [4.69, 9.17) is 16.3 Å². The van der Waals surface area contributed by atoms with E-state index in [1.54, 1.807) is 6.07 Å². The molecule has 1 aliphatic heterocycles. The first kappa shape index (κ1) is 14.5. The van der Waals surface area contributed by atoms with Gasteiger partial charge >= 0.3 is 0 Å². The third-order valence-electron chi connectivity index (χ3n) is 4.78. The van der Waals surface area contributed by atoms with E-state index >= 15 is 0 Å². The molecule has 1 heterocycles. The van der Waals surface area contributed by atoms with Crippen LogP contribution in [0.2, 0.25) is 5.02 Å². The van der Waals surface area contributed by atoms with Crippen molar-refractivity contribution in [2.75, 3.05) is 0 Å². The van der Waals surface area contributed by atoms with Gasteiger partial charge in [0.1, 0.15) is 5.75 Å². The number of para-hydroxylation sites is 1. The SMILES string of the molecule is O=C1C2=C(c3ccccc3OC2c2ccccc2)c2cc(Cl)ccc21. The van der Waals surface area contributed by atoms with Gasteiger partial charge in [-0.3, -0.25) is 4.79 Å². The summed E-state index contributed by atoms with van der Waals surface area (Å²) in [6, 6.07) is 23.2. The van der Waals surface area contributed by atoms with E-state index in [2.05, 4.69) is 0 Å². The van der Waals surface area contributed by atoms with Crippen LogP contribution < -0.4 is 4.74 Å². The number of ether oxygens (including phenoxy) is 1. The molecule has 0 amide bonds. The Morgan fingerprint density at radius 2 is 1.56 bits per heavy atom. The highest BCUT2D eigenvalue weighted by Gasteiger charge is 2.40. The summed E-state index contributed by atoms with van der Waals surface area (Å²) >= 11 is 6.22. The molecule has 3 aromatic carbocycles. The molecule has 3 aromatic rings. The van der Waals surface area contributed by atoms with E-state index in [1.165, 1.54) is 0 Å². The summed E-state index contributed by atoms with van der Waals surface area (Å²) in [6.45, 7) is 0. The molecular weight excluding hydrogens is 332 g/mol. The van der Waals surface area contributed by atoms with Gasteiger partial charge in [-0.1, -0.05) is 60.1 Å². The van der Waals surface area contributed by atoms with Crippen LogP contribution in [-0.4, -0.2) is 5.78 Å². The molecule has 1 atom stereocenters. The number of halogens is 1. The van der Waals surface area contributed by atoms with Crippen molar-refractivity contribution >= 4 is 23.0 Å². The molecule has 2 nitrogen and oxygen atoms in total. The topological polar surface area (TPSA) is 26.3 Å². The molecule has 0 saturated heterocycles. The molecule has 0 radical (unpaired) electrons. The second kappa shape index (κ2) is 5.33. The molecule has 3 heteroatoms. The van der Waals surface area contributed by atoms with Gasteiger partial charge in [0, 0.05) is 21.7 Å². The standard InChI is InChI=1S/C22H13ClO2/c23-14-10-11-15-17(12-14)19-16-8-4-5-9-18(16)25-22(20(19)21(15)24)13-6-2-1-3-7-13/h1-12,22H. The van der Waals surface area contributed by atoms with E-state index in [9.17, 15) is 4.79 Å². The average molecular weight is 345 g/mol. The molecule has 0 bridgehead atoms. The number of carbonyl (C=O) groups is 1. The summed E-state index contributed by atoms with van der Waals surface area (Å²) in [7, 11) is 0. The van der Waals surface area contributed by atoms with Crippen molar-refractivity contribution in [2.45, 2.75) is 6.10 Å². The maximum atomic E-state index is 13.2. The van der Waals surface area contributed by atoms with Crippen molar-refractivity contribution in [3.8, 4) is 5.75 Å². The van der Waals surface area contributed by atoms with Gasteiger partial charge in [-0.2, -0.15) is 0 Å². The summed E-state index contributed by atoms with van der Waals surface area (Å²) in [5, 5.41) is 0.625. The lowest BCUT2D eigenvalue weighted by molar-refractivity contribution is 0.1000. The van der Waals surface area contributed by atoms with Gasteiger partial charge in [-0.15, -0.1) is 0 Å². The lowest BCUT2D eigenvalue weighted by Gasteiger charge is -2.28. The molecule has 0 aromatic heterocycles. The summed E-state index contributed by atoms with van der Waals surface area (Å²) in [4.78, 5) is 13.2. The molecule has 120 valence electrons. The van der Waals surface area contributed by atoms with E-state index in [1.807, 2.05) is 66.7 Å². The van der Waals surface area contributed by atoms with Crippen LogP contribution in [0.3, 0.4) is 0 Å². The number of rotatable bonds is 1. The Morgan fingerprint density at radius 1 is 0.800 bits per heavy atom. The zero-order chi connectivity index (χ0) is 17.0. The van der Waals surface area contributed by atoms with Crippen LogP contribution in [0, 0.1) is 0 Å². The highest BCUT2D eigenvalue weighted by molar-refractivity contribution is 6.32. The molecule has 0 N–H and O–H groups in total. The molecule has 0 fully saturated rings. The Kier molecular flexibility index (Phi) is 3.09. The largest absolute Gasteiger partial charge is 0.480 e. The summed E-state index contributed by atoms with van der Waals surface area (Å²) < 4.78 is 6.25. The normalized spacial score (nSPS) is 17.6. The second-order valence-electron chi connectivity index (χ2n) is 6.21. The van der Waals surface area contributed by atoms with Crippen LogP contribution in [-0.2, 0) is 0 Å². The molecule has 5 rings (SSSR count). The van der Waals surface area contributed by atoms with Gasteiger partial charge in [0.25, 0.3) is 0 Å². The Morgan fingerprint density at radius 3 is 2.40 bits per heavy atom. The number of hydrogen-bond donors (Lipinski definition) is 0. The zero-order valence-corrected chi connectivity index (χ0v) is 14.0. The first-order valence-corrected chi connectivity index (χ1v) is 8.51. The van der Waals surface area contributed by atoms with Crippen LogP contribution in [0.25, 0.3) is 5.57 Å². The Labute approximate surface area is 150 Å². The summed E-state index contributed by atoms with van der Waals surface area (Å²) in [5.41, 5.74) is 5.14. The minimum atomic E-state index is -0.412. The van der Waals surface area contributed by atoms with Gasteiger partial charge in [-0.05, 0) is 35.4 Å². The third kappa shape index (κ3) is 2.08. The average Bonchev–Trinajstić information content (AvgIpc) is 2.94. The number of benzene rings is 3. The minimum absolute atomic E-state index is 0.0185. The van der Waals surface area contributed by atoms with Gasteiger partial charge < -0.3 is 4.74 Å². The van der Waals surface area contributed by atoms with Crippen LogP contribution in [0.4, 0.5) is 0 Å². The summed E-state index contributed by atoms with van der Waals surface area (Å²) in [5.74, 6) is 0.806. The van der Waals surface area contributed by atoms with Crippen LogP contribution >= 0.6 is 11.6 Å². The monoisotopic (exact) mass is 344 g/mol. The third-order valence-corrected chi connectivity index (χ3v) is 5.01. The van der Waals surface area contributed by atoms with Crippen LogP contribution in [0.1, 0.15) is 33.2 Å². The van der Waals surface area contributed by atoms with Crippen molar-refractivity contribution in [2.24, 2.45) is 0 Å². The number of hydrogen-bond acceptors (Lipinski definition) is 2. The van der Waals surface area contributed by atoms with Gasteiger partial charge in [0.15, 0.2) is 11.9 Å². The lowest BCUT2D eigenvalue weighted by Crippen LogP contribution is -2.19. The molecule has 1 unspecified atom stereocenters. The maximum Gasteiger partial charge on any atom is 0.194 e. The van der Waals surface area contributed by atoms with E-state index in [0.29, 0.717) is 16.2 Å². The van der Waals surface area contributed by atoms with E-state index < -0.39 is 6.10 Å². The molecular formula is C22H13ClO2. The highest BCUT2D eigenvalue weighted by Crippen LogP contribution is 2.50. The van der Waals surface area contributed by atoms with Crippen LogP contribution in [0.5, 0.6) is 5.75 Å². The first-order chi connectivity index (χ1) is 12.2. The molecule has 0 spiro atoms. The lowest BCUT2D eigenvalue weighted by atomic mass is 9.89. The second-order valence-corrected chi connectivity index (χ2v) is 6.65. The predicted molar refractivity (Wildman–Crippen MR) is 98.1 cm³/mol. The number of ketones is 1. The van der Waals surface area contributed by atoms with E-state index in [-0.39, 0.29) is 5.78 Å². The minimum Gasteiger partial charge on any atom is -0.480 e.